The van der Waals surface area contributed by atoms with Crippen molar-refractivity contribution in [2.45, 2.75) is 124 Å². The van der Waals surface area contributed by atoms with Gasteiger partial charge in [-0.3, -0.25) is 4.79 Å². The summed E-state index contributed by atoms with van der Waals surface area (Å²) in [7, 11) is 0. The first-order chi connectivity index (χ1) is 23.1. The molecule has 0 spiro atoms. The van der Waals surface area contributed by atoms with E-state index in [1.165, 1.54) is 68.1 Å². The van der Waals surface area contributed by atoms with Crippen molar-refractivity contribution < 1.29 is 19.1 Å². The number of hydrogen-bond donors (Lipinski definition) is 3. The largest absolute Gasteiger partial charge is 0.481 e. The van der Waals surface area contributed by atoms with Crippen LogP contribution in [-0.2, 0) is 4.79 Å². The van der Waals surface area contributed by atoms with Crippen LogP contribution in [0.15, 0.2) is 35.5 Å². The van der Waals surface area contributed by atoms with Gasteiger partial charge in [0.1, 0.15) is 6.67 Å². The fourth-order valence-electron chi connectivity index (χ4n) is 14.3. The summed E-state index contributed by atoms with van der Waals surface area (Å²) in [6.07, 6.45) is 17.0. The summed E-state index contributed by atoms with van der Waals surface area (Å²) in [6.45, 7) is 22.2. The second-order valence-corrected chi connectivity index (χ2v) is 19.2. The molecule has 0 radical (unpaired) electrons. The Bertz CT molecular complexity index is 1450. The molecule has 0 aromatic carbocycles. The number of urea groups is 1. The molecule has 7 rings (SSSR count). The zero-order chi connectivity index (χ0) is 35.2. The van der Waals surface area contributed by atoms with Gasteiger partial charge in [-0.1, -0.05) is 58.9 Å². The smallest absolute Gasteiger partial charge is 0.317 e. The highest BCUT2D eigenvalue weighted by Gasteiger charge is 2.70. The van der Waals surface area contributed by atoms with Crippen LogP contribution in [0, 0.1) is 56.7 Å². The maximum Gasteiger partial charge on any atom is 0.317 e. The Morgan fingerprint density at radius 1 is 1.00 bits per heavy atom. The standard InChI is InChI=1S/C42H64FN3O3/c1-27(2)29-12-19-42(45-23-25-46-24-22-44-36(46)49)21-20-39(6)31(34(29)42)8-9-33-38(5)15-13-30(37(3,4)32(38)14-16-40(33,39)7)28-10-17-41(26-43,18-11-28)35(47)48/h10,13,29,31-34,45H,1,8-9,11-12,14-26H2,2-7H3,(H,44,49)(H,47,48)/t29-,31+,32-,33+,34+,38-,39+,40+,41?,42-/m0/s1. The molecule has 6 aliphatic carbocycles. The van der Waals surface area contributed by atoms with Gasteiger partial charge in [0.05, 0.1) is 5.41 Å². The Kier molecular flexibility index (Phi) is 8.60. The lowest BCUT2D eigenvalue weighted by Gasteiger charge is -2.72. The van der Waals surface area contributed by atoms with E-state index < -0.39 is 18.1 Å². The summed E-state index contributed by atoms with van der Waals surface area (Å²) in [4.78, 5) is 26.2. The summed E-state index contributed by atoms with van der Waals surface area (Å²) in [6, 6.07) is 0.0778. The molecule has 3 N–H and O–H groups in total. The number of carbonyl (C=O) groups is 2. The monoisotopic (exact) mass is 677 g/mol. The van der Waals surface area contributed by atoms with E-state index in [1.807, 2.05) is 4.90 Å². The lowest BCUT2D eigenvalue weighted by atomic mass is 9.33. The van der Waals surface area contributed by atoms with Gasteiger partial charge in [0.15, 0.2) is 0 Å². The van der Waals surface area contributed by atoms with E-state index in [1.54, 1.807) is 0 Å². The lowest BCUT2D eigenvalue weighted by Crippen LogP contribution is -2.68. The zero-order valence-corrected chi connectivity index (χ0v) is 31.4. The summed E-state index contributed by atoms with van der Waals surface area (Å²) < 4.78 is 14.0. The molecule has 0 bridgehead atoms. The molecule has 1 unspecified atom stereocenters. The minimum absolute atomic E-state index is 0.00869. The van der Waals surface area contributed by atoms with E-state index in [-0.39, 0.29) is 33.2 Å². The van der Waals surface area contributed by atoms with Gasteiger partial charge in [-0.25, -0.2) is 9.18 Å². The van der Waals surface area contributed by atoms with Crippen molar-refractivity contribution in [3.8, 4) is 0 Å². The van der Waals surface area contributed by atoms with Crippen LogP contribution in [0.1, 0.15) is 119 Å². The molecule has 5 fully saturated rings. The number of amides is 2. The van der Waals surface area contributed by atoms with Crippen LogP contribution < -0.4 is 10.6 Å². The molecule has 0 aromatic heterocycles. The van der Waals surface area contributed by atoms with Gasteiger partial charge < -0.3 is 20.6 Å². The Morgan fingerprint density at radius 2 is 1.78 bits per heavy atom. The van der Waals surface area contributed by atoms with Gasteiger partial charge in [0, 0.05) is 31.7 Å². The van der Waals surface area contributed by atoms with Crippen molar-refractivity contribution in [3.63, 3.8) is 0 Å². The van der Waals surface area contributed by atoms with E-state index >= 15 is 0 Å². The number of rotatable bonds is 8. The first-order valence-corrected chi connectivity index (χ1v) is 19.7. The highest BCUT2D eigenvalue weighted by atomic mass is 19.1. The number of halogens is 1. The van der Waals surface area contributed by atoms with Crippen molar-refractivity contribution >= 4 is 12.0 Å². The number of aliphatic carboxylic acids is 1. The summed E-state index contributed by atoms with van der Waals surface area (Å²) in [5.41, 5.74) is 3.64. The van der Waals surface area contributed by atoms with Crippen LogP contribution in [-0.4, -0.2) is 60.4 Å². The summed E-state index contributed by atoms with van der Waals surface area (Å²) in [5, 5.41) is 16.9. The van der Waals surface area contributed by atoms with E-state index in [0.29, 0.717) is 48.9 Å². The number of fused-ring (bicyclic) bond motifs is 7. The molecule has 0 aromatic rings. The van der Waals surface area contributed by atoms with Crippen molar-refractivity contribution in [2.75, 3.05) is 32.9 Å². The first kappa shape index (κ1) is 35.3. The number of carboxylic acids is 1. The highest BCUT2D eigenvalue weighted by Crippen LogP contribution is 2.76. The third-order valence-electron chi connectivity index (χ3n) is 17.1. The number of carboxylic acid groups (broad SMARTS) is 1. The summed E-state index contributed by atoms with van der Waals surface area (Å²) >= 11 is 0. The Morgan fingerprint density at radius 3 is 2.41 bits per heavy atom. The van der Waals surface area contributed by atoms with E-state index in [0.717, 1.165) is 32.6 Å². The average Bonchev–Trinajstić information content (AvgIpc) is 3.65. The molecule has 4 saturated carbocycles. The predicted octanol–water partition coefficient (Wildman–Crippen LogP) is 8.70. The molecule has 10 atom stereocenters. The zero-order valence-electron chi connectivity index (χ0n) is 31.4. The fraction of sp³-hybridized carbons (Fsp3) is 0.810. The third-order valence-corrected chi connectivity index (χ3v) is 17.1. The molecule has 1 saturated heterocycles. The molecule has 1 heterocycles. The Balaban J connectivity index is 1.16. The third kappa shape index (κ3) is 5.00. The molecule has 272 valence electrons. The number of hydrogen-bond acceptors (Lipinski definition) is 3. The number of alkyl halides is 1. The normalized spacial score (nSPS) is 45.7. The van der Waals surface area contributed by atoms with E-state index in [4.69, 9.17) is 0 Å². The van der Waals surface area contributed by atoms with Crippen LogP contribution in [0.2, 0.25) is 0 Å². The lowest BCUT2D eigenvalue weighted by molar-refractivity contribution is -0.221. The Labute approximate surface area is 295 Å². The molecular weight excluding hydrogens is 613 g/mol. The minimum Gasteiger partial charge on any atom is -0.481 e. The van der Waals surface area contributed by atoms with Crippen molar-refractivity contribution in [1.82, 2.24) is 15.5 Å². The van der Waals surface area contributed by atoms with Crippen LogP contribution >= 0.6 is 0 Å². The van der Waals surface area contributed by atoms with Gasteiger partial charge >= 0.3 is 12.0 Å². The van der Waals surface area contributed by atoms with E-state index in [2.05, 4.69) is 70.9 Å². The second kappa shape index (κ2) is 12.0. The molecule has 7 aliphatic rings. The van der Waals surface area contributed by atoms with Crippen LogP contribution in [0.25, 0.3) is 0 Å². The molecule has 1 aliphatic heterocycles. The van der Waals surface area contributed by atoms with Crippen molar-refractivity contribution in [3.05, 3.63) is 35.5 Å². The van der Waals surface area contributed by atoms with Crippen molar-refractivity contribution in [1.29, 1.82) is 0 Å². The second-order valence-electron chi connectivity index (χ2n) is 19.2. The summed E-state index contributed by atoms with van der Waals surface area (Å²) in [5.74, 6) is 2.03. The van der Waals surface area contributed by atoms with Gasteiger partial charge in [0.25, 0.3) is 0 Å². The van der Waals surface area contributed by atoms with Gasteiger partial charge in [0.2, 0.25) is 0 Å². The topological polar surface area (TPSA) is 81.7 Å². The van der Waals surface area contributed by atoms with Crippen molar-refractivity contribution in [2.24, 2.45) is 56.7 Å². The quantitative estimate of drug-likeness (QED) is 0.225. The van der Waals surface area contributed by atoms with Gasteiger partial charge in [-0.2, -0.15) is 0 Å². The number of allylic oxidation sites excluding steroid dienone is 5. The number of nitrogens with one attached hydrogen (secondary N) is 2. The van der Waals surface area contributed by atoms with Gasteiger partial charge in [-0.15, -0.1) is 0 Å². The predicted molar refractivity (Wildman–Crippen MR) is 194 cm³/mol. The minimum atomic E-state index is -1.25. The Hall–Kier alpha value is -2.15. The van der Waals surface area contributed by atoms with E-state index in [9.17, 15) is 19.1 Å². The van der Waals surface area contributed by atoms with Crippen LogP contribution in [0.5, 0.6) is 0 Å². The molecule has 49 heavy (non-hydrogen) atoms. The molecule has 6 nitrogen and oxygen atoms in total. The van der Waals surface area contributed by atoms with Gasteiger partial charge in [-0.05, 0) is 146 Å². The first-order valence-electron chi connectivity index (χ1n) is 19.7. The fourth-order valence-corrected chi connectivity index (χ4v) is 14.3. The molecule has 2 amide bonds. The average molecular weight is 678 g/mol. The molecule has 7 heteroatoms. The van der Waals surface area contributed by atoms with Crippen LogP contribution in [0.3, 0.4) is 0 Å². The SMILES string of the molecule is C=C(C)[C@@H]1CC[C@]2(NCCN3CCNC3=O)CC[C@]3(C)[C@H](CC[C@@H]4[C@@]5(C)CC=C(C6=CCC(CF)(C(=O)O)CC6)C(C)(C)[C@@H]5CC[C@]43C)[C@@H]12. The molecular formula is C42H64FN3O3. The maximum atomic E-state index is 14.0. The number of carbonyl (C=O) groups excluding carboxylic acids is 1. The van der Waals surface area contributed by atoms with Crippen LogP contribution in [0.4, 0.5) is 9.18 Å². The highest BCUT2D eigenvalue weighted by molar-refractivity contribution is 5.76. The maximum absolute atomic E-state index is 14.0. The number of nitrogens with zero attached hydrogens (tertiary/aromatic N) is 1.